The molecule has 0 radical (unpaired) electrons. The van der Waals surface area contributed by atoms with Gasteiger partial charge in [0.15, 0.2) is 11.5 Å². The first kappa shape index (κ1) is 16.4. The number of hydrogen-bond acceptors (Lipinski definition) is 5. The van der Waals surface area contributed by atoms with E-state index in [0.717, 1.165) is 18.5 Å². The number of aliphatic carboxylic acids is 1. The van der Waals surface area contributed by atoms with E-state index in [0.29, 0.717) is 30.2 Å². The van der Waals surface area contributed by atoms with Crippen molar-refractivity contribution in [3.8, 4) is 11.5 Å². The molecular formula is C18H19N3O5. The smallest absolute Gasteiger partial charge is 0.325 e. The van der Waals surface area contributed by atoms with Crippen molar-refractivity contribution in [2.75, 3.05) is 19.9 Å². The van der Waals surface area contributed by atoms with Gasteiger partial charge in [-0.2, -0.15) is 5.10 Å². The SMILES string of the molecule is O=C(O)Cn1ccc([C@@H]2CCCN(C(=O)c3ccc4c(c3)OCO4)C2)n1. The molecule has 3 heterocycles. The highest BCUT2D eigenvalue weighted by atomic mass is 16.7. The van der Waals surface area contributed by atoms with Crippen LogP contribution in [0.15, 0.2) is 30.5 Å². The van der Waals surface area contributed by atoms with Crippen molar-refractivity contribution < 1.29 is 24.2 Å². The Bertz CT molecular complexity index is 847. The Balaban J connectivity index is 1.47. The van der Waals surface area contributed by atoms with E-state index in [1.165, 1.54) is 4.68 Å². The second-order valence-corrected chi connectivity index (χ2v) is 6.49. The Labute approximate surface area is 149 Å². The number of ether oxygens (including phenoxy) is 2. The lowest BCUT2D eigenvalue weighted by Gasteiger charge is -2.32. The number of likely N-dealkylation sites (tertiary alicyclic amines) is 1. The van der Waals surface area contributed by atoms with Crippen molar-refractivity contribution in [2.45, 2.75) is 25.3 Å². The molecule has 1 fully saturated rings. The minimum atomic E-state index is -0.928. The molecule has 0 aliphatic carbocycles. The lowest BCUT2D eigenvalue weighted by Crippen LogP contribution is -2.39. The van der Waals surface area contributed by atoms with Gasteiger partial charge in [0.1, 0.15) is 6.54 Å². The third kappa shape index (κ3) is 3.22. The summed E-state index contributed by atoms with van der Waals surface area (Å²) in [6.45, 7) is 1.28. The first-order chi connectivity index (χ1) is 12.6. The zero-order valence-electron chi connectivity index (χ0n) is 14.1. The standard InChI is InChI=1S/C18H19N3O5/c22-17(23)10-21-7-5-14(19-21)13-2-1-6-20(9-13)18(24)12-3-4-15-16(8-12)26-11-25-15/h3-5,7-8,13H,1-2,6,9-11H2,(H,22,23)/t13-/m1/s1. The summed E-state index contributed by atoms with van der Waals surface area (Å²) < 4.78 is 12.0. The summed E-state index contributed by atoms with van der Waals surface area (Å²) in [5.41, 5.74) is 1.40. The van der Waals surface area contributed by atoms with Crippen LogP contribution >= 0.6 is 0 Å². The van der Waals surface area contributed by atoms with Gasteiger partial charge in [0.2, 0.25) is 6.79 Å². The summed E-state index contributed by atoms with van der Waals surface area (Å²) >= 11 is 0. The highest BCUT2D eigenvalue weighted by molar-refractivity contribution is 5.95. The Hall–Kier alpha value is -3.03. The van der Waals surface area contributed by atoms with Gasteiger partial charge in [-0.1, -0.05) is 0 Å². The zero-order valence-corrected chi connectivity index (χ0v) is 14.1. The number of carboxylic acid groups (broad SMARTS) is 1. The maximum Gasteiger partial charge on any atom is 0.325 e. The first-order valence-corrected chi connectivity index (χ1v) is 8.54. The molecule has 1 N–H and O–H groups in total. The molecule has 0 bridgehead atoms. The van der Waals surface area contributed by atoms with Crippen molar-refractivity contribution in [2.24, 2.45) is 0 Å². The zero-order chi connectivity index (χ0) is 18.1. The van der Waals surface area contributed by atoms with Gasteiger partial charge in [0.05, 0.1) is 5.69 Å². The van der Waals surface area contributed by atoms with Crippen LogP contribution in [0.4, 0.5) is 0 Å². The second kappa shape index (κ2) is 6.70. The molecule has 8 nitrogen and oxygen atoms in total. The van der Waals surface area contributed by atoms with Crippen molar-refractivity contribution in [3.63, 3.8) is 0 Å². The summed E-state index contributed by atoms with van der Waals surface area (Å²) in [4.78, 5) is 25.5. The second-order valence-electron chi connectivity index (χ2n) is 6.49. The molecule has 2 aliphatic heterocycles. The number of piperidine rings is 1. The molecular weight excluding hydrogens is 338 g/mol. The van der Waals surface area contributed by atoms with Gasteiger partial charge < -0.3 is 19.5 Å². The fraction of sp³-hybridized carbons (Fsp3) is 0.389. The first-order valence-electron chi connectivity index (χ1n) is 8.54. The van der Waals surface area contributed by atoms with Crippen LogP contribution in [-0.2, 0) is 11.3 Å². The summed E-state index contributed by atoms with van der Waals surface area (Å²) in [5.74, 6) is 0.386. The van der Waals surface area contributed by atoms with Crippen LogP contribution in [0, 0.1) is 0 Å². The Morgan fingerprint density at radius 3 is 2.92 bits per heavy atom. The van der Waals surface area contributed by atoms with Gasteiger partial charge in [-0.15, -0.1) is 0 Å². The fourth-order valence-corrected chi connectivity index (χ4v) is 3.44. The summed E-state index contributed by atoms with van der Waals surface area (Å²) in [6.07, 6.45) is 3.48. The van der Waals surface area contributed by atoms with Crippen LogP contribution in [0.1, 0.15) is 34.8 Å². The molecule has 1 amide bonds. The molecule has 1 saturated heterocycles. The van der Waals surface area contributed by atoms with Crippen LogP contribution in [-0.4, -0.2) is 51.5 Å². The number of aromatic nitrogens is 2. The van der Waals surface area contributed by atoms with Crippen molar-refractivity contribution in [1.29, 1.82) is 0 Å². The van der Waals surface area contributed by atoms with Gasteiger partial charge >= 0.3 is 5.97 Å². The van der Waals surface area contributed by atoms with Gasteiger partial charge in [0.25, 0.3) is 5.91 Å². The average molecular weight is 357 g/mol. The van der Waals surface area contributed by atoms with Crippen molar-refractivity contribution in [3.05, 3.63) is 41.7 Å². The predicted octanol–water partition coefficient (Wildman–Crippen LogP) is 1.72. The summed E-state index contributed by atoms with van der Waals surface area (Å²) in [7, 11) is 0. The molecule has 26 heavy (non-hydrogen) atoms. The van der Waals surface area contributed by atoms with Crippen LogP contribution in [0.5, 0.6) is 11.5 Å². The number of carboxylic acids is 1. The Morgan fingerprint density at radius 2 is 2.08 bits per heavy atom. The number of carbonyl (C=O) groups is 2. The lowest BCUT2D eigenvalue weighted by molar-refractivity contribution is -0.137. The topological polar surface area (TPSA) is 93.9 Å². The number of amides is 1. The third-order valence-electron chi connectivity index (χ3n) is 4.70. The molecule has 0 spiro atoms. The van der Waals surface area contributed by atoms with Gasteiger partial charge in [-0.3, -0.25) is 14.3 Å². The Morgan fingerprint density at radius 1 is 1.23 bits per heavy atom. The van der Waals surface area contributed by atoms with Crippen LogP contribution in [0.25, 0.3) is 0 Å². The quantitative estimate of drug-likeness (QED) is 0.895. The van der Waals surface area contributed by atoms with E-state index in [-0.39, 0.29) is 25.2 Å². The van der Waals surface area contributed by atoms with E-state index in [9.17, 15) is 9.59 Å². The predicted molar refractivity (Wildman–Crippen MR) is 90.3 cm³/mol. The maximum atomic E-state index is 12.9. The lowest BCUT2D eigenvalue weighted by atomic mass is 9.94. The van der Waals surface area contributed by atoms with Gasteiger partial charge in [-0.25, -0.2) is 0 Å². The third-order valence-corrected chi connectivity index (χ3v) is 4.70. The molecule has 1 aromatic carbocycles. The van der Waals surface area contributed by atoms with Gasteiger partial charge in [-0.05, 0) is 37.1 Å². The number of nitrogens with zero attached hydrogens (tertiary/aromatic N) is 3. The van der Waals surface area contributed by atoms with E-state index < -0.39 is 5.97 Å². The van der Waals surface area contributed by atoms with E-state index in [1.807, 2.05) is 11.0 Å². The number of hydrogen-bond donors (Lipinski definition) is 1. The minimum Gasteiger partial charge on any atom is -0.480 e. The number of fused-ring (bicyclic) bond motifs is 1. The van der Waals surface area contributed by atoms with Crippen LogP contribution in [0.2, 0.25) is 0 Å². The summed E-state index contributed by atoms with van der Waals surface area (Å²) in [6, 6.07) is 7.06. The Kier molecular flexibility index (Phi) is 4.24. The largest absolute Gasteiger partial charge is 0.480 e. The van der Waals surface area contributed by atoms with Crippen molar-refractivity contribution >= 4 is 11.9 Å². The van der Waals surface area contributed by atoms with Crippen LogP contribution < -0.4 is 9.47 Å². The molecule has 0 saturated carbocycles. The average Bonchev–Trinajstić information content (AvgIpc) is 3.29. The van der Waals surface area contributed by atoms with Gasteiger partial charge in [0, 0.05) is 30.8 Å². The molecule has 8 heteroatoms. The molecule has 1 atom stereocenters. The summed E-state index contributed by atoms with van der Waals surface area (Å²) in [5, 5.41) is 13.2. The van der Waals surface area contributed by atoms with Crippen molar-refractivity contribution in [1.82, 2.24) is 14.7 Å². The fourth-order valence-electron chi connectivity index (χ4n) is 3.44. The normalized spacial score (nSPS) is 18.8. The van der Waals surface area contributed by atoms with E-state index >= 15 is 0 Å². The van der Waals surface area contributed by atoms with Crippen LogP contribution in [0.3, 0.4) is 0 Å². The van der Waals surface area contributed by atoms with E-state index in [2.05, 4.69) is 5.10 Å². The maximum absolute atomic E-state index is 12.9. The number of benzene rings is 1. The highest BCUT2D eigenvalue weighted by Crippen LogP contribution is 2.33. The number of carbonyl (C=O) groups excluding carboxylic acids is 1. The monoisotopic (exact) mass is 357 g/mol. The molecule has 0 unspecified atom stereocenters. The molecule has 2 aromatic rings. The van der Waals surface area contributed by atoms with E-state index in [4.69, 9.17) is 14.6 Å². The molecule has 1 aromatic heterocycles. The minimum absolute atomic E-state index is 0.0435. The molecule has 136 valence electrons. The molecule has 4 rings (SSSR count). The highest BCUT2D eigenvalue weighted by Gasteiger charge is 2.28. The molecule has 2 aliphatic rings. The van der Waals surface area contributed by atoms with E-state index in [1.54, 1.807) is 24.4 Å². The number of rotatable bonds is 4.